The SMILES string of the molecule is CCCCCCCc1ccc(C#C/C(F)=C(\F)C#Cc2ccc(OCCCCC)cc2)cc1. The summed E-state index contributed by atoms with van der Waals surface area (Å²) in [6.45, 7) is 5.02. The summed E-state index contributed by atoms with van der Waals surface area (Å²) in [5.74, 6) is 8.15. The van der Waals surface area contributed by atoms with E-state index in [4.69, 9.17) is 4.74 Å². The molecule has 0 aliphatic rings. The first-order chi connectivity index (χ1) is 16.1. The Morgan fingerprint density at radius 1 is 0.667 bits per heavy atom. The quantitative estimate of drug-likeness (QED) is 0.248. The lowest BCUT2D eigenvalue weighted by molar-refractivity contribution is 0.306. The molecule has 33 heavy (non-hydrogen) atoms. The number of aryl methyl sites for hydroxylation is 1. The summed E-state index contributed by atoms with van der Waals surface area (Å²) in [5, 5.41) is 0. The van der Waals surface area contributed by atoms with E-state index in [-0.39, 0.29) is 0 Å². The molecule has 1 nitrogen and oxygen atoms in total. The minimum absolute atomic E-state index is 0.581. The molecule has 0 radical (unpaired) electrons. The van der Waals surface area contributed by atoms with Gasteiger partial charge in [0, 0.05) is 11.1 Å². The van der Waals surface area contributed by atoms with Gasteiger partial charge in [-0.25, -0.2) is 0 Å². The molecule has 3 heteroatoms. The number of ether oxygens (including phenoxy) is 1. The van der Waals surface area contributed by atoms with Gasteiger partial charge >= 0.3 is 0 Å². The zero-order valence-corrected chi connectivity index (χ0v) is 19.9. The first kappa shape index (κ1) is 26.2. The Hall–Kier alpha value is -3.04. The zero-order chi connectivity index (χ0) is 23.7. The molecule has 0 saturated heterocycles. The summed E-state index contributed by atoms with van der Waals surface area (Å²) in [4.78, 5) is 0. The van der Waals surface area contributed by atoms with Gasteiger partial charge in [0.1, 0.15) is 5.75 Å². The molecule has 2 aromatic rings. The molecule has 0 spiro atoms. The van der Waals surface area contributed by atoms with Crippen LogP contribution in [0.4, 0.5) is 8.78 Å². The van der Waals surface area contributed by atoms with Crippen molar-refractivity contribution in [1.82, 2.24) is 0 Å². The van der Waals surface area contributed by atoms with E-state index in [1.54, 1.807) is 24.3 Å². The molecule has 0 fully saturated rings. The largest absolute Gasteiger partial charge is 0.494 e. The molecular weight excluding hydrogens is 414 g/mol. The Morgan fingerprint density at radius 2 is 1.18 bits per heavy atom. The molecule has 0 aliphatic carbocycles. The Morgan fingerprint density at radius 3 is 1.76 bits per heavy atom. The second kappa shape index (κ2) is 15.7. The van der Waals surface area contributed by atoms with Crippen molar-refractivity contribution >= 4 is 0 Å². The molecular formula is C30H34F2O. The maximum atomic E-state index is 14.0. The van der Waals surface area contributed by atoms with Crippen molar-refractivity contribution in [1.29, 1.82) is 0 Å². The van der Waals surface area contributed by atoms with Crippen molar-refractivity contribution in [3.05, 3.63) is 76.9 Å². The van der Waals surface area contributed by atoms with E-state index in [1.807, 2.05) is 24.3 Å². The fraction of sp³-hybridized carbons (Fsp3) is 0.400. The van der Waals surface area contributed by atoms with Gasteiger partial charge < -0.3 is 4.74 Å². The molecule has 0 unspecified atom stereocenters. The Bertz CT molecular complexity index is 980. The molecule has 0 N–H and O–H groups in total. The van der Waals surface area contributed by atoms with Crippen molar-refractivity contribution in [3.8, 4) is 29.4 Å². The van der Waals surface area contributed by atoms with Crippen LogP contribution in [0, 0.1) is 23.7 Å². The number of benzene rings is 2. The number of halogens is 2. The minimum atomic E-state index is -1.16. The maximum absolute atomic E-state index is 14.0. The highest BCUT2D eigenvalue weighted by molar-refractivity contribution is 5.46. The Labute approximate surface area is 198 Å². The van der Waals surface area contributed by atoms with Crippen molar-refractivity contribution in [3.63, 3.8) is 0 Å². The van der Waals surface area contributed by atoms with Gasteiger partial charge in [0.05, 0.1) is 6.61 Å². The second-order valence-electron chi connectivity index (χ2n) is 8.07. The van der Waals surface area contributed by atoms with Crippen LogP contribution in [0.15, 0.2) is 60.2 Å². The lowest BCUT2D eigenvalue weighted by atomic mass is 10.0. The second-order valence-corrected chi connectivity index (χ2v) is 8.07. The van der Waals surface area contributed by atoms with E-state index < -0.39 is 11.7 Å². The summed E-state index contributed by atoms with van der Waals surface area (Å²) in [6, 6.07) is 14.7. The number of rotatable bonds is 11. The molecule has 0 bridgehead atoms. The van der Waals surface area contributed by atoms with Crippen LogP contribution in [0.5, 0.6) is 5.75 Å². The van der Waals surface area contributed by atoms with Gasteiger partial charge in [0.25, 0.3) is 0 Å². The highest BCUT2D eigenvalue weighted by atomic mass is 19.2. The van der Waals surface area contributed by atoms with Crippen LogP contribution in [0.2, 0.25) is 0 Å². The predicted octanol–water partition coefficient (Wildman–Crippen LogP) is 8.32. The third-order valence-corrected chi connectivity index (χ3v) is 5.22. The van der Waals surface area contributed by atoms with E-state index in [9.17, 15) is 8.78 Å². The molecule has 2 rings (SSSR count). The zero-order valence-electron chi connectivity index (χ0n) is 19.9. The molecule has 0 saturated carbocycles. The first-order valence-electron chi connectivity index (χ1n) is 12.0. The van der Waals surface area contributed by atoms with E-state index in [0.717, 1.165) is 31.4 Å². The summed E-state index contributed by atoms with van der Waals surface area (Å²) < 4.78 is 33.6. The molecule has 0 atom stereocenters. The molecule has 2 aromatic carbocycles. The van der Waals surface area contributed by atoms with Crippen LogP contribution >= 0.6 is 0 Å². The van der Waals surface area contributed by atoms with Crippen LogP contribution in [0.3, 0.4) is 0 Å². The monoisotopic (exact) mass is 448 g/mol. The van der Waals surface area contributed by atoms with Gasteiger partial charge in [-0.2, -0.15) is 8.78 Å². The number of unbranched alkanes of at least 4 members (excludes halogenated alkanes) is 6. The van der Waals surface area contributed by atoms with E-state index >= 15 is 0 Å². The average molecular weight is 449 g/mol. The Balaban J connectivity index is 1.88. The van der Waals surface area contributed by atoms with Crippen LogP contribution in [-0.2, 0) is 6.42 Å². The normalized spacial score (nSPS) is 11.0. The third-order valence-electron chi connectivity index (χ3n) is 5.22. The molecule has 0 heterocycles. The lowest BCUT2D eigenvalue weighted by Crippen LogP contribution is -1.96. The van der Waals surface area contributed by atoms with Gasteiger partial charge in [-0.3, -0.25) is 0 Å². The first-order valence-corrected chi connectivity index (χ1v) is 12.0. The third kappa shape index (κ3) is 10.9. The van der Waals surface area contributed by atoms with Crippen molar-refractivity contribution in [2.45, 2.75) is 71.6 Å². The average Bonchev–Trinajstić information content (AvgIpc) is 2.85. The number of hydrogen-bond donors (Lipinski definition) is 0. The van der Waals surface area contributed by atoms with E-state index in [2.05, 4.69) is 37.5 Å². The van der Waals surface area contributed by atoms with Crippen LogP contribution in [0.1, 0.15) is 81.9 Å². The summed E-state index contributed by atoms with van der Waals surface area (Å²) >= 11 is 0. The summed E-state index contributed by atoms with van der Waals surface area (Å²) in [7, 11) is 0. The summed E-state index contributed by atoms with van der Waals surface area (Å²) in [5.41, 5.74) is 2.47. The van der Waals surface area contributed by atoms with Crippen LogP contribution in [-0.4, -0.2) is 6.61 Å². The standard InChI is InChI=1S/C30H34F2O/c1-3-5-7-8-9-11-25-12-14-26(15-13-25)18-22-29(31)30(32)23-19-27-16-20-28(21-17-27)33-24-10-6-4-2/h12-17,20-21H,3-11,24H2,1-2H3/b30-29+. The highest BCUT2D eigenvalue weighted by Crippen LogP contribution is 2.14. The maximum Gasteiger partial charge on any atom is 0.217 e. The van der Waals surface area contributed by atoms with E-state index in [0.29, 0.717) is 17.7 Å². The van der Waals surface area contributed by atoms with E-state index in [1.165, 1.54) is 37.7 Å². The van der Waals surface area contributed by atoms with Crippen molar-refractivity contribution < 1.29 is 13.5 Å². The smallest absolute Gasteiger partial charge is 0.217 e. The minimum Gasteiger partial charge on any atom is -0.494 e. The highest BCUT2D eigenvalue weighted by Gasteiger charge is 2.00. The predicted molar refractivity (Wildman–Crippen MR) is 133 cm³/mol. The van der Waals surface area contributed by atoms with Gasteiger partial charge in [-0.05, 0) is 73.1 Å². The van der Waals surface area contributed by atoms with Crippen molar-refractivity contribution in [2.75, 3.05) is 6.61 Å². The van der Waals surface area contributed by atoms with Gasteiger partial charge in [-0.15, -0.1) is 0 Å². The topological polar surface area (TPSA) is 9.23 Å². The Kier molecular flexibility index (Phi) is 12.5. The molecule has 174 valence electrons. The molecule has 0 aromatic heterocycles. The number of hydrogen-bond acceptors (Lipinski definition) is 1. The number of allylic oxidation sites excluding steroid dienone is 2. The van der Waals surface area contributed by atoms with Crippen LogP contribution in [0.25, 0.3) is 0 Å². The fourth-order valence-corrected chi connectivity index (χ4v) is 3.23. The van der Waals surface area contributed by atoms with Gasteiger partial charge in [0.2, 0.25) is 11.7 Å². The lowest BCUT2D eigenvalue weighted by Gasteiger charge is -2.05. The fourth-order valence-electron chi connectivity index (χ4n) is 3.23. The van der Waals surface area contributed by atoms with Crippen LogP contribution < -0.4 is 4.74 Å². The van der Waals surface area contributed by atoms with Crippen molar-refractivity contribution in [2.24, 2.45) is 0 Å². The van der Waals surface area contributed by atoms with Gasteiger partial charge in [0.15, 0.2) is 0 Å². The van der Waals surface area contributed by atoms with Gasteiger partial charge in [-0.1, -0.05) is 76.3 Å². The summed E-state index contributed by atoms with van der Waals surface area (Å²) in [6.07, 6.45) is 10.5. The molecule has 0 amide bonds. The molecule has 0 aliphatic heterocycles.